The van der Waals surface area contributed by atoms with E-state index in [9.17, 15) is 8.78 Å². The third kappa shape index (κ3) is 4.18. The molecule has 1 N–H and O–H groups in total. The number of anilines is 1. The lowest BCUT2D eigenvalue weighted by Crippen LogP contribution is -2.46. The van der Waals surface area contributed by atoms with Crippen LogP contribution in [0.15, 0.2) is 83.0 Å². The van der Waals surface area contributed by atoms with Gasteiger partial charge in [-0.1, -0.05) is 47.1 Å². The number of hydrogen-bond donors (Lipinski definition) is 1. The number of hydrogen-bond acceptors (Lipinski definition) is 4. The van der Waals surface area contributed by atoms with Crippen LogP contribution in [-0.4, -0.2) is 15.3 Å². The van der Waals surface area contributed by atoms with Crippen LogP contribution in [0.5, 0.6) is 0 Å². The molecule has 4 aromatic rings. The highest BCUT2D eigenvalue weighted by Crippen LogP contribution is 2.39. The first-order chi connectivity index (χ1) is 16.4. The van der Waals surface area contributed by atoms with Crippen molar-refractivity contribution in [3.63, 3.8) is 0 Å². The van der Waals surface area contributed by atoms with E-state index in [1.807, 2.05) is 13.0 Å². The summed E-state index contributed by atoms with van der Waals surface area (Å²) in [6.45, 7) is 1.84. The molecule has 0 spiro atoms. The molecule has 5 rings (SSSR count). The molecule has 3 aromatic carbocycles. The van der Waals surface area contributed by atoms with E-state index in [1.54, 1.807) is 47.4 Å². The Morgan fingerprint density at radius 2 is 1.76 bits per heavy atom. The zero-order chi connectivity index (χ0) is 23.8. The minimum absolute atomic E-state index is 0.248. The van der Waals surface area contributed by atoms with Crippen LogP contribution < -0.4 is 10.2 Å². The average molecular weight is 495 g/mol. The summed E-state index contributed by atoms with van der Waals surface area (Å²) in [4.78, 5) is 6.31. The standard InChI is InChI=1S/C25H17ClF2N4OS/c1-14-21(24-30-23(31-33-24)16-4-2-5-17(26)12-16)22(15-8-10-18(27)11-9-15)29-25(34)32(14)20-7-3-6-19(28)13-20/h2-13,22H,1H3,(H,29,34). The van der Waals surface area contributed by atoms with Gasteiger partial charge in [0.2, 0.25) is 5.82 Å². The normalized spacial score (nSPS) is 16.1. The van der Waals surface area contributed by atoms with Crippen molar-refractivity contribution in [3.8, 4) is 11.4 Å². The fourth-order valence-electron chi connectivity index (χ4n) is 3.93. The summed E-state index contributed by atoms with van der Waals surface area (Å²) in [6.07, 6.45) is 0. The Labute approximate surface area is 204 Å². The van der Waals surface area contributed by atoms with Gasteiger partial charge in [0.15, 0.2) is 5.11 Å². The molecule has 1 unspecified atom stereocenters. The van der Waals surface area contributed by atoms with Crippen molar-refractivity contribution < 1.29 is 13.3 Å². The lowest BCUT2D eigenvalue weighted by atomic mass is 9.94. The SMILES string of the molecule is CC1=C(c2nc(-c3cccc(Cl)c3)no2)C(c2ccc(F)cc2)NC(=S)N1c1cccc(F)c1. The fraction of sp³-hybridized carbons (Fsp3) is 0.0800. The Balaban J connectivity index is 1.66. The smallest absolute Gasteiger partial charge is 0.258 e. The van der Waals surface area contributed by atoms with Crippen molar-refractivity contribution in [1.82, 2.24) is 15.5 Å². The van der Waals surface area contributed by atoms with E-state index in [1.165, 1.54) is 24.3 Å². The van der Waals surface area contributed by atoms with Gasteiger partial charge >= 0.3 is 0 Å². The Hall–Kier alpha value is -3.62. The van der Waals surface area contributed by atoms with E-state index in [0.717, 1.165) is 5.56 Å². The average Bonchev–Trinajstić information content (AvgIpc) is 3.29. The maximum Gasteiger partial charge on any atom is 0.258 e. The van der Waals surface area contributed by atoms with Gasteiger partial charge in [0.25, 0.3) is 5.89 Å². The first kappa shape index (κ1) is 22.2. The third-order valence-corrected chi connectivity index (χ3v) is 6.03. The quantitative estimate of drug-likeness (QED) is 0.325. The van der Waals surface area contributed by atoms with Crippen LogP contribution in [-0.2, 0) is 0 Å². The topological polar surface area (TPSA) is 54.2 Å². The molecule has 170 valence electrons. The molecule has 2 heterocycles. The molecule has 9 heteroatoms. The van der Waals surface area contributed by atoms with Crippen LogP contribution in [0.3, 0.4) is 0 Å². The molecule has 0 bridgehead atoms. The molecule has 0 amide bonds. The summed E-state index contributed by atoms with van der Waals surface area (Å²) < 4.78 is 33.3. The summed E-state index contributed by atoms with van der Waals surface area (Å²) in [5, 5.41) is 8.30. The van der Waals surface area contributed by atoms with Crippen LogP contribution >= 0.6 is 23.8 Å². The fourth-order valence-corrected chi connectivity index (χ4v) is 4.48. The van der Waals surface area contributed by atoms with Crippen molar-refractivity contribution in [2.75, 3.05) is 4.90 Å². The minimum atomic E-state index is -0.495. The summed E-state index contributed by atoms with van der Waals surface area (Å²) in [7, 11) is 0. The Kier molecular flexibility index (Phi) is 5.85. The van der Waals surface area contributed by atoms with E-state index >= 15 is 0 Å². The van der Waals surface area contributed by atoms with E-state index < -0.39 is 11.9 Å². The molecule has 34 heavy (non-hydrogen) atoms. The van der Waals surface area contributed by atoms with E-state index in [2.05, 4.69) is 15.5 Å². The third-order valence-electron chi connectivity index (χ3n) is 5.49. The first-order valence-corrected chi connectivity index (χ1v) is 11.1. The number of rotatable bonds is 4. The second-order valence-electron chi connectivity index (χ2n) is 7.68. The second kappa shape index (κ2) is 8.96. The van der Waals surface area contributed by atoms with E-state index in [4.69, 9.17) is 28.3 Å². The molecule has 1 atom stereocenters. The summed E-state index contributed by atoms with van der Waals surface area (Å²) in [5.41, 5.74) is 3.29. The molecule has 0 aliphatic carbocycles. The van der Waals surface area contributed by atoms with Gasteiger partial charge in [-0.2, -0.15) is 4.98 Å². The van der Waals surface area contributed by atoms with Crippen LogP contribution in [0.4, 0.5) is 14.5 Å². The van der Waals surface area contributed by atoms with Gasteiger partial charge in [0.05, 0.1) is 17.3 Å². The minimum Gasteiger partial charge on any atom is -0.351 e. The Morgan fingerprint density at radius 1 is 1.00 bits per heavy atom. The van der Waals surface area contributed by atoms with Crippen LogP contribution in [0.25, 0.3) is 17.0 Å². The summed E-state index contributed by atoms with van der Waals surface area (Å²) in [5.74, 6) is -0.137. The molecule has 1 aliphatic heterocycles. The molecule has 0 fully saturated rings. The lowest BCUT2D eigenvalue weighted by Gasteiger charge is -2.37. The zero-order valence-electron chi connectivity index (χ0n) is 17.8. The largest absolute Gasteiger partial charge is 0.351 e. The number of aromatic nitrogens is 2. The molecule has 5 nitrogen and oxygen atoms in total. The van der Waals surface area contributed by atoms with Gasteiger partial charge in [-0.3, -0.25) is 4.90 Å². The number of allylic oxidation sites excluding steroid dienone is 1. The van der Waals surface area contributed by atoms with Gasteiger partial charge in [0.1, 0.15) is 11.6 Å². The van der Waals surface area contributed by atoms with Gasteiger partial charge in [-0.05, 0) is 67.2 Å². The van der Waals surface area contributed by atoms with Crippen LogP contribution in [0.2, 0.25) is 5.02 Å². The second-order valence-corrected chi connectivity index (χ2v) is 8.51. The number of benzene rings is 3. The monoisotopic (exact) mass is 494 g/mol. The zero-order valence-corrected chi connectivity index (χ0v) is 19.4. The lowest BCUT2D eigenvalue weighted by molar-refractivity contribution is 0.404. The molecular formula is C25H17ClF2N4OS. The maximum atomic E-state index is 14.0. The van der Waals surface area contributed by atoms with Crippen molar-refractivity contribution in [1.29, 1.82) is 0 Å². The van der Waals surface area contributed by atoms with Crippen molar-refractivity contribution in [3.05, 3.63) is 107 Å². The predicted molar refractivity (Wildman–Crippen MR) is 131 cm³/mol. The molecule has 0 saturated heterocycles. The molecular weight excluding hydrogens is 478 g/mol. The summed E-state index contributed by atoms with van der Waals surface area (Å²) in [6, 6.07) is 18.8. The highest BCUT2D eigenvalue weighted by molar-refractivity contribution is 7.80. The van der Waals surface area contributed by atoms with E-state index in [-0.39, 0.29) is 11.7 Å². The van der Waals surface area contributed by atoms with Gasteiger partial charge in [-0.15, -0.1) is 0 Å². The van der Waals surface area contributed by atoms with Crippen LogP contribution in [0, 0.1) is 11.6 Å². The number of nitrogens with zero attached hydrogens (tertiary/aromatic N) is 3. The van der Waals surface area contributed by atoms with Gasteiger partial charge < -0.3 is 9.84 Å². The van der Waals surface area contributed by atoms with Crippen molar-refractivity contribution in [2.45, 2.75) is 13.0 Å². The summed E-state index contributed by atoms with van der Waals surface area (Å²) >= 11 is 11.8. The highest BCUT2D eigenvalue weighted by Gasteiger charge is 2.35. The first-order valence-electron chi connectivity index (χ1n) is 10.3. The maximum absolute atomic E-state index is 14.0. The van der Waals surface area contributed by atoms with Crippen molar-refractivity contribution in [2.24, 2.45) is 0 Å². The van der Waals surface area contributed by atoms with Gasteiger partial charge in [0, 0.05) is 16.3 Å². The molecule has 0 saturated carbocycles. The van der Waals surface area contributed by atoms with Crippen LogP contribution in [0.1, 0.15) is 24.4 Å². The predicted octanol–water partition coefficient (Wildman–Crippen LogP) is 6.54. The number of halogens is 3. The molecule has 1 aromatic heterocycles. The van der Waals surface area contributed by atoms with E-state index in [0.29, 0.717) is 38.5 Å². The highest BCUT2D eigenvalue weighted by atomic mass is 35.5. The Morgan fingerprint density at radius 3 is 2.50 bits per heavy atom. The number of thiocarbonyl (C=S) groups is 1. The molecule has 0 radical (unpaired) electrons. The van der Waals surface area contributed by atoms with Gasteiger partial charge in [-0.25, -0.2) is 8.78 Å². The Bertz CT molecular complexity index is 1420. The van der Waals surface area contributed by atoms with Crippen molar-refractivity contribution >= 4 is 40.2 Å². The number of nitrogens with one attached hydrogen (secondary N) is 1. The molecule has 1 aliphatic rings.